The van der Waals surface area contributed by atoms with E-state index in [2.05, 4.69) is 22.8 Å². The van der Waals surface area contributed by atoms with Crippen LogP contribution in [0, 0.1) is 0 Å². The van der Waals surface area contributed by atoms with Crippen molar-refractivity contribution in [3.05, 3.63) is 29.3 Å². The van der Waals surface area contributed by atoms with Gasteiger partial charge in [0, 0.05) is 18.7 Å². The molecule has 1 aliphatic carbocycles. The molecular weight excluding hydrogens is 266 g/mol. The Bertz CT molecular complexity index is 514. The first kappa shape index (κ1) is 15.4. The molecule has 0 fully saturated rings. The van der Waals surface area contributed by atoms with Crippen LogP contribution in [0.2, 0.25) is 0 Å². The zero-order valence-corrected chi connectivity index (χ0v) is 12.3. The van der Waals surface area contributed by atoms with Crippen LogP contribution in [0.25, 0.3) is 0 Å². The molecule has 0 saturated heterocycles. The number of carbonyl (C=O) groups excluding carboxylic acids is 2. The summed E-state index contributed by atoms with van der Waals surface area (Å²) in [6, 6.07) is 5.70. The van der Waals surface area contributed by atoms with Gasteiger partial charge < -0.3 is 16.4 Å². The second-order valence-electron chi connectivity index (χ2n) is 5.49. The Morgan fingerprint density at radius 1 is 1.10 bits per heavy atom. The number of hydrogen-bond acceptors (Lipinski definition) is 2. The Labute approximate surface area is 125 Å². The maximum absolute atomic E-state index is 11.9. The van der Waals surface area contributed by atoms with Gasteiger partial charge in [0.25, 0.3) is 0 Å². The van der Waals surface area contributed by atoms with Crippen molar-refractivity contribution in [3.63, 3.8) is 0 Å². The third kappa shape index (κ3) is 5.10. The smallest absolute Gasteiger partial charge is 0.312 e. The summed E-state index contributed by atoms with van der Waals surface area (Å²) in [5, 5.41) is 5.49. The molecule has 1 aromatic carbocycles. The van der Waals surface area contributed by atoms with Gasteiger partial charge in [-0.3, -0.25) is 4.79 Å². The Morgan fingerprint density at radius 2 is 1.90 bits per heavy atom. The summed E-state index contributed by atoms with van der Waals surface area (Å²) in [6.45, 7) is 0.571. The SMILES string of the molecule is NC(=O)NCCCCCC(=O)Nc1ccc2c(c1)CCC2. The predicted molar refractivity (Wildman–Crippen MR) is 83.2 cm³/mol. The zero-order chi connectivity index (χ0) is 15.1. The van der Waals surface area contributed by atoms with Crippen LogP contribution in [-0.4, -0.2) is 18.5 Å². The van der Waals surface area contributed by atoms with Crippen molar-refractivity contribution in [2.45, 2.75) is 44.9 Å². The molecule has 1 aromatic rings. The van der Waals surface area contributed by atoms with E-state index in [1.807, 2.05) is 6.07 Å². The maximum atomic E-state index is 11.9. The summed E-state index contributed by atoms with van der Waals surface area (Å²) in [5.74, 6) is 0.0517. The van der Waals surface area contributed by atoms with E-state index in [1.54, 1.807) is 0 Å². The number of rotatable bonds is 7. The number of urea groups is 1. The largest absolute Gasteiger partial charge is 0.352 e. The van der Waals surface area contributed by atoms with E-state index in [1.165, 1.54) is 17.5 Å². The van der Waals surface area contributed by atoms with Gasteiger partial charge >= 0.3 is 6.03 Å². The molecule has 0 unspecified atom stereocenters. The molecule has 5 nitrogen and oxygen atoms in total. The molecule has 0 aliphatic heterocycles. The minimum absolute atomic E-state index is 0.0517. The van der Waals surface area contributed by atoms with Crippen molar-refractivity contribution in [2.75, 3.05) is 11.9 Å². The molecule has 0 spiro atoms. The molecule has 114 valence electrons. The number of unbranched alkanes of at least 4 members (excludes halogenated alkanes) is 2. The molecule has 21 heavy (non-hydrogen) atoms. The highest BCUT2D eigenvalue weighted by molar-refractivity contribution is 5.90. The lowest BCUT2D eigenvalue weighted by atomic mass is 10.1. The van der Waals surface area contributed by atoms with E-state index in [-0.39, 0.29) is 5.91 Å². The van der Waals surface area contributed by atoms with Crippen molar-refractivity contribution >= 4 is 17.6 Å². The molecule has 0 saturated carbocycles. The molecule has 4 N–H and O–H groups in total. The zero-order valence-electron chi connectivity index (χ0n) is 12.3. The van der Waals surface area contributed by atoms with Crippen LogP contribution in [-0.2, 0) is 17.6 Å². The fourth-order valence-corrected chi connectivity index (χ4v) is 2.67. The monoisotopic (exact) mass is 289 g/mol. The lowest BCUT2D eigenvalue weighted by Crippen LogP contribution is -2.29. The van der Waals surface area contributed by atoms with E-state index in [0.29, 0.717) is 13.0 Å². The molecule has 0 bridgehead atoms. The maximum Gasteiger partial charge on any atom is 0.312 e. The Kier molecular flexibility index (Phi) is 5.60. The third-order valence-electron chi connectivity index (χ3n) is 3.76. The van der Waals surface area contributed by atoms with E-state index < -0.39 is 6.03 Å². The number of carbonyl (C=O) groups is 2. The highest BCUT2D eigenvalue weighted by Crippen LogP contribution is 2.24. The Hall–Kier alpha value is -2.04. The summed E-state index contributed by atoms with van der Waals surface area (Å²) in [6.07, 6.45) is 6.55. The van der Waals surface area contributed by atoms with Crippen LogP contribution in [0.3, 0.4) is 0 Å². The number of nitrogens with one attached hydrogen (secondary N) is 2. The first-order valence-corrected chi connectivity index (χ1v) is 7.60. The van der Waals surface area contributed by atoms with E-state index in [9.17, 15) is 9.59 Å². The van der Waals surface area contributed by atoms with E-state index >= 15 is 0 Å². The number of aryl methyl sites for hydroxylation is 2. The lowest BCUT2D eigenvalue weighted by molar-refractivity contribution is -0.116. The predicted octanol–water partition coefficient (Wildman–Crippen LogP) is 2.34. The summed E-state index contributed by atoms with van der Waals surface area (Å²) >= 11 is 0. The molecule has 0 atom stereocenters. The number of fused-ring (bicyclic) bond motifs is 1. The minimum atomic E-state index is -0.496. The van der Waals surface area contributed by atoms with Crippen molar-refractivity contribution < 1.29 is 9.59 Å². The van der Waals surface area contributed by atoms with Gasteiger partial charge in [-0.25, -0.2) is 4.79 Å². The number of hydrogen-bond donors (Lipinski definition) is 3. The Morgan fingerprint density at radius 3 is 2.71 bits per heavy atom. The van der Waals surface area contributed by atoms with Crippen LogP contribution in [0.1, 0.15) is 43.2 Å². The van der Waals surface area contributed by atoms with Crippen molar-refractivity contribution in [3.8, 4) is 0 Å². The van der Waals surface area contributed by atoms with Gasteiger partial charge in [-0.15, -0.1) is 0 Å². The molecule has 3 amide bonds. The average molecular weight is 289 g/mol. The standard InChI is InChI=1S/C16H23N3O2/c17-16(21)18-10-3-1-2-7-15(20)19-14-9-8-12-5-4-6-13(12)11-14/h8-9,11H,1-7,10H2,(H,19,20)(H3,17,18,21). The second kappa shape index (κ2) is 7.67. The third-order valence-corrected chi connectivity index (χ3v) is 3.76. The van der Waals surface area contributed by atoms with Gasteiger partial charge in [-0.2, -0.15) is 0 Å². The molecule has 0 heterocycles. The van der Waals surface area contributed by atoms with Crippen LogP contribution >= 0.6 is 0 Å². The van der Waals surface area contributed by atoms with Gasteiger partial charge in [-0.1, -0.05) is 12.5 Å². The van der Waals surface area contributed by atoms with Crippen molar-refractivity contribution in [2.24, 2.45) is 5.73 Å². The molecule has 1 aliphatic rings. The fraction of sp³-hybridized carbons (Fsp3) is 0.500. The highest BCUT2D eigenvalue weighted by Gasteiger charge is 2.11. The number of primary amides is 1. The van der Waals surface area contributed by atoms with Crippen LogP contribution < -0.4 is 16.4 Å². The van der Waals surface area contributed by atoms with Crippen LogP contribution in [0.5, 0.6) is 0 Å². The van der Waals surface area contributed by atoms with Crippen molar-refractivity contribution in [1.82, 2.24) is 5.32 Å². The molecule has 0 aromatic heterocycles. The quantitative estimate of drug-likeness (QED) is 0.673. The van der Waals surface area contributed by atoms with Gasteiger partial charge in [0.05, 0.1) is 0 Å². The lowest BCUT2D eigenvalue weighted by Gasteiger charge is -2.07. The van der Waals surface area contributed by atoms with Gasteiger partial charge in [-0.05, 0) is 55.4 Å². The molecule has 2 rings (SSSR count). The first-order valence-electron chi connectivity index (χ1n) is 7.60. The van der Waals surface area contributed by atoms with Gasteiger partial charge in [0.2, 0.25) is 5.91 Å². The second-order valence-corrected chi connectivity index (χ2v) is 5.49. The van der Waals surface area contributed by atoms with Gasteiger partial charge in [0.15, 0.2) is 0 Å². The number of amides is 3. The summed E-state index contributed by atoms with van der Waals surface area (Å²) < 4.78 is 0. The van der Waals surface area contributed by atoms with Crippen LogP contribution in [0.4, 0.5) is 10.5 Å². The first-order chi connectivity index (χ1) is 10.1. The summed E-state index contributed by atoms with van der Waals surface area (Å²) in [4.78, 5) is 22.3. The molecule has 5 heteroatoms. The number of anilines is 1. The summed E-state index contributed by atoms with van der Waals surface area (Å²) in [5.41, 5.74) is 8.64. The molecule has 0 radical (unpaired) electrons. The number of benzene rings is 1. The molecular formula is C16H23N3O2. The minimum Gasteiger partial charge on any atom is -0.352 e. The highest BCUT2D eigenvalue weighted by atomic mass is 16.2. The van der Waals surface area contributed by atoms with E-state index in [0.717, 1.165) is 37.8 Å². The Balaban J connectivity index is 1.64. The van der Waals surface area contributed by atoms with Crippen molar-refractivity contribution in [1.29, 1.82) is 0 Å². The summed E-state index contributed by atoms with van der Waals surface area (Å²) in [7, 11) is 0. The normalized spacial score (nSPS) is 12.8. The fourth-order valence-electron chi connectivity index (χ4n) is 2.67. The van der Waals surface area contributed by atoms with Crippen LogP contribution in [0.15, 0.2) is 18.2 Å². The topological polar surface area (TPSA) is 84.2 Å². The van der Waals surface area contributed by atoms with E-state index in [4.69, 9.17) is 5.73 Å². The average Bonchev–Trinajstić information content (AvgIpc) is 2.89. The number of nitrogens with two attached hydrogens (primary N) is 1. The van der Waals surface area contributed by atoms with Gasteiger partial charge in [0.1, 0.15) is 0 Å².